The van der Waals surface area contributed by atoms with Gasteiger partial charge in [-0.3, -0.25) is 9.89 Å². The maximum Gasteiger partial charge on any atom is 0.253 e. The fraction of sp³-hybridized carbons (Fsp3) is 0.600. The van der Waals surface area contributed by atoms with E-state index < -0.39 is 0 Å². The molecule has 3 N–H and O–H groups in total. The molecule has 2 aromatic rings. The largest absolute Gasteiger partial charge is 0.316 e. The van der Waals surface area contributed by atoms with Crippen LogP contribution in [-0.4, -0.2) is 28.3 Å². The van der Waals surface area contributed by atoms with Gasteiger partial charge in [-0.1, -0.05) is 6.92 Å². The molecule has 20 heavy (non-hydrogen) atoms. The Kier molecular flexibility index (Phi) is 2.54. The molecule has 1 aliphatic heterocycles. The summed E-state index contributed by atoms with van der Waals surface area (Å²) >= 11 is 0. The summed E-state index contributed by atoms with van der Waals surface area (Å²) in [7, 11) is 0. The molecule has 0 amide bonds. The van der Waals surface area contributed by atoms with Gasteiger partial charge in [-0.25, -0.2) is 0 Å². The van der Waals surface area contributed by atoms with Gasteiger partial charge in [0.05, 0.1) is 5.69 Å². The highest BCUT2D eigenvalue weighted by Gasteiger charge is 2.36. The van der Waals surface area contributed by atoms with E-state index in [1.807, 2.05) is 0 Å². The lowest BCUT2D eigenvalue weighted by Crippen LogP contribution is -2.26. The van der Waals surface area contributed by atoms with E-state index in [0.717, 1.165) is 55.7 Å². The first-order chi connectivity index (χ1) is 9.69. The molecule has 1 unspecified atom stereocenters. The third-order valence-electron chi connectivity index (χ3n) is 4.99. The number of pyridine rings is 1. The van der Waals surface area contributed by atoms with Crippen molar-refractivity contribution in [2.24, 2.45) is 0 Å². The van der Waals surface area contributed by atoms with Crippen molar-refractivity contribution in [1.29, 1.82) is 0 Å². The van der Waals surface area contributed by atoms with Crippen LogP contribution < -0.4 is 10.9 Å². The van der Waals surface area contributed by atoms with Gasteiger partial charge in [0, 0.05) is 22.9 Å². The number of hydrogen-bond donors (Lipinski definition) is 3. The van der Waals surface area contributed by atoms with Gasteiger partial charge in [0.1, 0.15) is 5.65 Å². The zero-order valence-electron chi connectivity index (χ0n) is 11.8. The first-order valence-corrected chi connectivity index (χ1v) is 7.52. The minimum atomic E-state index is 0.0668. The predicted molar refractivity (Wildman–Crippen MR) is 78.2 cm³/mol. The van der Waals surface area contributed by atoms with Crippen molar-refractivity contribution in [1.82, 2.24) is 20.5 Å². The summed E-state index contributed by atoms with van der Waals surface area (Å²) in [6.45, 7) is 4.26. The van der Waals surface area contributed by atoms with Crippen LogP contribution in [0.25, 0.3) is 11.0 Å². The highest BCUT2D eigenvalue weighted by atomic mass is 16.1. The number of rotatable bonds is 1. The minimum absolute atomic E-state index is 0.0668. The van der Waals surface area contributed by atoms with Crippen LogP contribution in [0.15, 0.2) is 4.79 Å². The van der Waals surface area contributed by atoms with Crippen LogP contribution in [0.5, 0.6) is 0 Å². The van der Waals surface area contributed by atoms with E-state index in [-0.39, 0.29) is 11.0 Å². The van der Waals surface area contributed by atoms with Gasteiger partial charge in [0.15, 0.2) is 0 Å². The van der Waals surface area contributed by atoms with E-state index in [2.05, 4.69) is 27.4 Å². The highest BCUT2D eigenvalue weighted by Crippen LogP contribution is 2.36. The smallest absolute Gasteiger partial charge is 0.253 e. The Bertz CT molecular complexity index is 721. The van der Waals surface area contributed by atoms with Crippen LogP contribution in [0.3, 0.4) is 0 Å². The van der Waals surface area contributed by atoms with E-state index >= 15 is 0 Å². The van der Waals surface area contributed by atoms with Crippen molar-refractivity contribution in [2.45, 2.75) is 44.4 Å². The topological polar surface area (TPSA) is 73.6 Å². The lowest BCUT2D eigenvalue weighted by Gasteiger charge is -2.23. The van der Waals surface area contributed by atoms with E-state index in [4.69, 9.17) is 0 Å². The molecule has 0 bridgehead atoms. The molecular weight excluding hydrogens is 252 g/mol. The van der Waals surface area contributed by atoms with Crippen molar-refractivity contribution in [2.75, 3.05) is 13.1 Å². The maximum absolute atomic E-state index is 12.2. The summed E-state index contributed by atoms with van der Waals surface area (Å²) in [6, 6.07) is 0. The molecule has 0 spiro atoms. The minimum Gasteiger partial charge on any atom is -0.316 e. The summed E-state index contributed by atoms with van der Waals surface area (Å²) in [6.07, 6.45) is 5.30. The molecule has 2 aromatic heterocycles. The Balaban J connectivity index is 2.02. The lowest BCUT2D eigenvalue weighted by atomic mass is 9.81. The van der Waals surface area contributed by atoms with E-state index in [1.54, 1.807) is 0 Å². The molecule has 1 atom stereocenters. The quantitative estimate of drug-likeness (QED) is 0.734. The second-order valence-electron chi connectivity index (χ2n) is 6.43. The van der Waals surface area contributed by atoms with Gasteiger partial charge in [0.25, 0.3) is 5.56 Å². The molecule has 4 rings (SSSR count). The van der Waals surface area contributed by atoms with Gasteiger partial charge < -0.3 is 10.3 Å². The third kappa shape index (κ3) is 1.59. The standard InChI is InChI=1S/C15H20N4O/c1-15(6-7-16-8-15)12-11-9-4-2-3-5-10(9)14(20)17-13(11)19-18-12/h16H,2-8H2,1H3,(H2,17,18,19,20). The summed E-state index contributed by atoms with van der Waals surface area (Å²) < 4.78 is 0. The molecule has 1 aliphatic carbocycles. The normalized spacial score (nSPS) is 26.1. The molecule has 3 heterocycles. The monoisotopic (exact) mass is 272 g/mol. The number of aryl methyl sites for hydroxylation is 1. The molecule has 2 aliphatic rings. The summed E-state index contributed by atoms with van der Waals surface area (Å²) in [4.78, 5) is 15.2. The molecule has 0 radical (unpaired) electrons. The first kappa shape index (κ1) is 12.1. The number of hydrogen-bond acceptors (Lipinski definition) is 3. The fourth-order valence-corrected chi connectivity index (χ4v) is 3.80. The van der Waals surface area contributed by atoms with Crippen LogP contribution in [-0.2, 0) is 18.3 Å². The number of H-pyrrole nitrogens is 2. The van der Waals surface area contributed by atoms with Crippen LogP contribution in [0.4, 0.5) is 0 Å². The van der Waals surface area contributed by atoms with Gasteiger partial charge in [-0.2, -0.15) is 5.10 Å². The van der Waals surface area contributed by atoms with Crippen LogP contribution in [0, 0.1) is 0 Å². The van der Waals surface area contributed by atoms with Crippen LogP contribution in [0.1, 0.15) is 43.0 Å². The molecule has 5 nitrogen and oxygen atoms in total. The molecule has 5 heteroatoms. The second-order valence-corrected chi connectivity index (χ2v) is 6.43. The van der Waals surface area contributed by atoms with Gasteiger partial charge >= 0.3 is 0 Å². The first-order valence-electron chi connectivity index (χ1n) is 7.52. The van der Waals surface area contributed by atoms with Crippen molar-refractivity contribution < 1.29 is 0 Å². The number of nitrogens with one attached hydrogen (secondary N) is 3. The van der Waals surface area contributed by atoms with E-state index in [9.17, 15) is 4.79 Å². The number of nitrogens with zero attached hydrogens (tertiary/aromatic N) is 1. The Labute approximate surface area is 117 Å². The van der Waals surface area contributed by atoms with Gasteiger partial charge in [0.2, 0.25) is 0 Å². The Hall–Kier alpha value is -1.62. The molecular formula is C15H20N4O. The predicted octanol–water partition coefficient (Wildman–Crippen LogP) is 1.38. The van der Waals surface area contributed by atoms with Gasteiger partial charge in [-0.05, 0) is 44.2 Å². The van der Waals surface area contributed by atoms with Crippen molar-refractivity contribution in [3.8, 4) is 0 Å². The maximum atomic E-state index is 12.2. The highest BCUT2D eigenvalue weighted by molar-refractivity contribution is 5.84. The second kappa shape index (κ2) is 4.19. The molecule has 1 fully saturated rings. The molecule has 0 saturated carbocycles. The Morgan fingerprint density at radius 3 is 2.75 bits per heavy atom. The van der Waals surface area contributed by atoms with Crippen molar-refractivity contribution in [3.05, 3.63) is 27.2 Å². The summed E-state index contributed by atoms with van der Waals surface area (Å²) in [5, 5.41) is 12.2. The average molecular weight is 272 g/mol. The molecule has 106 valence electrons. The third-order valence-corrected chi connectivity index (χ3v) is 4.99. The number of fused-ring (bicyclic) bond motifs is 3. The number of aromatic nitrogens is 3. The summed E-state index contributed by atoms with van der Waals surface area (Å²) in [5.74, 6) is 0. The zero-order valence-corrected chi connectivity index (χ0v) is 11.8. The van der Waals surface area contributed by atoms with Crippen LogP contribution in [0.2, 0.25) is 0 Å². The van der Waals surface area contributed by atoms with Crippen molar-refractivity contribution in [3.63, 3.8) is 0 Å². The Morgan fingerprint density at radius 2 is 2.00 bits per heavy atom. The lowest BCUT2D eigenvalue weighted by molar-refractivity contribution is 0.510. The zero-order chi connectivity index (χ0) is 13.7. The number of aromatic amines is 2. The fourth-order valence-electron chi connectivity index (χ4n) is 3.80. The Morgan fingerprint density at radius 1 is 1.20 bits per heavy atom. The van der Waals surface area contributed by atoms with Crippen molar-refractivity contribution >= 4 is 11.0 Å². The molecule has 1 saturated heterocycles. The van der Waals surface area contributed by atoms with Crippen LogP contribution >= 0.6 is 0 Å². The summed E-state index contributed by atoms with van der Waals surface area (Å²) in [5.41, 5.74) is 4.30. The average Bonchev–Trinajstić information content (AvgIpc) is 3.06. The van der Waals surface area contributed by atoms with E-state index in [0.29, 0.717) is 0 Å². The van der Waals surface area contributed by atoms with E-state index in [1.165, 1.54) is 17.4 Å². The van der Waals surface area contributed by atoms with Gasteiger partial charge in [-0.15, -0.1) is 0 Å². The molecule has 0 aromatic carbocycles. The SMILES string of the molecule is CC1(c2n[nH]c3[nH]c(=O)c4c(c23)CCCC4)CCNC1.